The van der Waals surface area contributed by atoms with E-state index in [-0.39, 0.29) is 29.3 Å². The van der Waals surface area contributed by atoms with E-state index in [0.717, 1.165) is 32.1 Å². The molecule has 0 saturated carbocycles. The third-order valence-corrected chi connectivity index (χ3v) is 5.95. The maximum Gasteiger partial charge on any atom is 0.419 e. The summed E-state index contributed by atoms with van der Waals surface area (Å²) >= 11 is 0. The number of hydrogen-bond acceptors (Lipinski definition) is 6. The van der Waals surface area contributed by atoms with Crippen LogP contribution in [0.25, 0.3) is 22.3 Å². The van der Waals surface area contributed by atoms with Crippen molar-refractivity contribution in [2.75, 3.05) is 40.3 Å². The lowest BCUT2D eigenvalue weighted by Crippen LogP contribution is -2.32. The fraction of sp³-hybridized carbons (Fsp3) is 0.435. The fourth-order valence-electron chi connectivity index (χ4n) is 4.12. The minimum Gasteiger partial charge on any atom is -0.493 e. The number of fused-ring (bicyclic) bond motifs is 1. The second-order valence-corrected chi connectivity index (χ2v) is 8.38. The number of benzene rings is 1. The predicted octanol–water partition coefficient (Wildman–Crippen LogP) is 3.92. The van der Waals surface area contributed by atoms with Gasteiger partial charge in [0.1, 0.15) is 17.3 Å². The summed E-state index contributed by atoms with van der Waals surface area (Å²) < 4.78 is 46.9. The number of likely N-dealkylation sites (tertiary alicyclic amines) is 1. The van der Waals surface area contributed by atoms with Crippen molar-refractivity contribution < 1.29 is 17.9 Å². The van der Waals surface area contributed by atoms with Crippen LogP contribution in [0.3, 0.4) is 0 Å². The average molecular weight is 458 g/mol. The van der Waals surface area contributed by atoms with Crippen LogP contribution < -0.4 is 4.74 Å². The largest absolute Gasteiger partial charge is 0.493 e. The number of likely N-dealkylation sites (N-methyl/N-ethyl adjacent to an activating group) is 1. The van der Waals surface area contributed by atoms with Gasteiger partial charge in [-0.05, 0) is 57.7 Å². The van der Waals surface area contributed by atoms with E-state index in [2.05, 4.69) is 38.8 Å². The Morgan fingerprint density at radius 3 is 2.82 bits per heavy atom. The Labute approximate surface area is 189 Å². The maximum atomic E-state index is 13.8. The van der Waals surface area contributed by atoms with Crippen molar-refractivity contribution in [1.82, 2.24) is 24.8 Å². The first-order chi connectivity index (χ1) is 15.8. The van der Waals surface area contributed by atoms with E-state index in [1.54, 1.807) is 6.07 Å². The molecular formula is C23H25F3N6O. The summed E-state index contributed by atoms with van der Waals surface area (Å²) in [6.07, 6.45) is -1.44. The van der Waals surface area contributed by atoms with Gasteiger partial charge in [0.15, 0.2) is 5.69 Å². The summed E-state index contributed by atoms with van der Waals surface area (Å²) in [5.41, 5.74) is 0.602. The Balaban J connectivity index is 1.48. The van der Waals surface area contributed by atoms with Crippen LogP contribution in [-0.2, 0) is 6.18 Å². The molecule has 174 valence electrons. The molecule has 4 rings (SSSR count). The molecule has 0 bridgehead atoms. The number of nitrogens with zero attached hydrogens (tertiary/aromatic N) is 5. The number of imidazole rings is 1. The lowest BCUT2D eigenvalue weighted by Gasteiger charge is -2.20. The van der Waals surface area contributed by atoms with Gasteiger partial charge in [0.05, 0.1) is 29.7 Å². The SMILES string of the molecule is CN(C)[C@H]1CCN(CCCOc2ccc(-c3cc4[nH]cnc4c(C#N)n3)cc2C(F)(F)F)C1. The van der Waals surface area contributed by atoms with Crippen LogP contribution in [0.5, 0.6) is 5.75 Å². The van der Waals surface area contributed by atoms with Gasteiger partial charge in [-0.15, -0.1) is 0 Å². The Hall–Kier alpha value is -3.16. The fourth-order valence-corrected chi connectivity index (χ4v) is 4.12. The molecule has 1 atom stereocenters. The van der Waals surface area contributed by atoms with Crippen LogP contribution in [0.2, 0.25) is 0 Å². The number of rotatable bonds is 7. The number of nitrogens with one attached hydrogen (secondary N) is 1. The highest BCUT2D eigenvalue weighted by molar-refractivity contribution is 5.83. The smallest absolute Gasteiger partial charge is 0.419 e. The Kier molecular flexibility index (Phi) is 6.54. The topological polar surface area (TPSA) is 81.1 Å². The molecular weight excluding hydrogens is 433 g/mol. The zero-order valence-electron chi connectivity index (χ0n) is 18.5. The van der Waals surface area contributed by atoms with Gasteiger partial charge >= 0.3 is 6.18 Å². The number of nitriles is 1. The maximum absolute atomic E-state index is 13.8. The van der Waals surface area contributed by atoms with Crippen molar-refractivity contribution in [2.24, 2.45) is 0 Å². The summed E-state index contributed by atoms with van der Waals surface area (Å²) in [7, 11) is 4.12. The Bertz CT molecular complexity index is 1170. The Morgan fingerprint density at radius 2 is 2.12 bits per heavy atom. The van der Waals surface area contributed by atoms with Crippen molar-refractivity contribution in [1.29, 1.82) is 5.26 Å². The molecule has 3 aromatic rings. The highest BCUT2D eigenvalue weighted by Gasteiger charge is 2.35. The first-order valence-electron chi connectivity index (χ1n) is 10.7. The lowest BCUT2D eigenvalue weighted by molar-refractivity contribution is -0.138. The van der Waals surface area contributed by atoms with E-state index in [1.807, 2.05) is 6.07 Å². The van der Waals surface area contributed by atoms with Crippen molar-refractivity contribution in [3.63, 3.8) is 0 Å². The number of H-pyrrole nitrogens is 1. The van der Waals surface area contributed by atoms with Crippen molar-refractivity contribution in [2.45, 2.75) is 25.1 Å². The standard InChI is InChI=1S/C23H25F3N6O/c1-31(2)16-6-8-32(13-16)7-3-9-33-21-5-4-15(10-17(21)23(24,25)26)18-11-19-22(29-14-28-19)20(12-27)30-18/h4-5,10-11,14,16H,3,6-9,13H2,1-2H3,(H,28,29)/t16-/m0/s1. The average Bonchev–Trinajstić information content (AvgIpc) is 3.45. The van der Waals surface area contributed by atoms with Crippen LogP contribution in [0.15, 0.2) is 30.6 Å². The molecule has 0 spiro atoms. The van der Waals surface area contributed by atoms with Gasteiger partial charge in [-0.2, -0.15) is 18.4 Å². The van der Waals surface area contributed by atoms with E-state index in [0.29, 0.717) is 23.5 Å². The Morgan fingerprint density at radius 1 is 1.30 bits per heavy atom. The zero-order valence-corrected chi connectivity index (χ0v) is 18.5. The minimum atomic E-state index is -4.59. The van der Waals surface area contributed by atoms with Gasteiger partial charge in [0, 0.05) is 24.7 Å². The van der Waals surface area contributed by atoms with E-state index in [1.165, 1.54) is 18.5 Å². The predicted molar refractivity (Wildman–Crippen MR) is 118 cm³/mol. The second-order valence-electron chi connectivity index (χ2n) is 8.38. The molecule has 10 heteroatoms. The van der Waals surface area contributed by atoms with E-state index >= 15 is 0 Å². The number of alkyl halides is 3. The van der Waals surface area contributed by atoms with Crippen LogP contribution in [0.1, 0.15) is 24.1 Å². The number of ether oxygens (including phenoxy) is 1. The highest BCUT2D eigenvalue weighted by Crippen LogP contribution is 2.39. The van der Waals surface area contributed by atoms with Crippen molar-refractivity contribution in [3.8, 4) is 23.1 Å². The van der Waals surface area contributed by atoms with Gasteiger partial charge in [0.2, 0.25) is 0 Å². The van der Waals surface area contributed by atoms with Gasteiger partial charge < -0.3 is 19.5 Å². The molecule has 1 fully saturated rings. The second kappa shape index (κ2) is 9.37. The van der Waals surface area contributed by atoms with Crippen LogP contribution in [0, 0.1) is 11.3 Å². The molecule has 2 aromatic heterocycles. The molecule has 0 unspecified atom stereocenters. The molecule has 1 aliphatic heterocycles. The summed E-state index contributed by atoms with van der Waals surface area (Å²) in [5.74, 6) is -0.207. The quantitative estimate of drug-likeness (QED) is 0.541. The van der Waals surface area contributed by atoms with Gasteiger partial charge in [-0.1, -0.05) is 0 Å². The number of hydrogen-bond donors (Lipinski definition) is 1. The van der Waals surface area contributed by atoms with Crippen LogP contribution >= 0.6 is 0 Å². The van der Waals surface area contributed by atoms with E-state index < -0.39 is 11.7 Å². The van der Waals surface area contributed by atoms with Crippen LogP contribution in [0.4, 0.5) is 13.2 Å². The minimum absolute atomic E-state index is 0.0519. The third-order valence-electron chi connectivity index (χ3n) is 5.95. The first kappa shape index (κ1) is 23.0. The summed E-state index contributed by atoms with van der Waals surface area (Å²) in [6, 6.07) is 7.90. The molecule has 7 nitrogen and oxygen atoms in total. The molecule has 1 aliphatic rings. The van der Waals surface area contributed by atoms with Gasteiger partial charge in [-0.25, -0.2) is 9.97 Å². The van der Waals surface area contributed by atoms with E-state index in [9.17, 15) is 18.4 Å². The molecule has 0 amide bonds. The van der Waals surface area contributed by atoms with E-state index in [4.69, 9.17) is 4.74 Å². The molecule has 1 N–H and O–H groups in total. The number of pyridine rings is 1. The molecule has 3 heterocycles. The monoisotopic (exact) mass is 458 g/mol. The zero-order chi connectivity index (χ0) is 23.6. The molecule has 1 saturated heterocycles. The third kappa shape index (κ3) is 5.10. The summed E-state index contributed by atoms with van der Waals surface area (Å²) in [4.78, 5) is 15.6. The summed E-state index contributed by atoms with van der Waals surface area (Å²) in [6.45, 7) is 2.94. The lowest BCUT2D eigenvalue weighted by atomic mass is 10.1. The first-order valence-corrected chi connectivity index (χ1v) is 10.7. The normalized spacial score (nSPS) is 17.1. The van der Waals surface area contributed by atoms with Gasteiger partial charge in [0.25, 0.3) is 0 Å². The molecule has 0 radical (unpaired) electrons. The number of aromatic amines is 1. The number of halogens is 3. The molecule has 1 aromatic carbocycles. The van der Waals surface area contributed by atoms with Gasteiger partial charge in [-0.3, -0.25) is 0 Å². The highest BCUT2D eigenvalue weighted by atomic mass is 19.4. The van der Waals surface area contributed by atoms with Crippen molar-refractivity contribution >= 4 is 11.0 Å². The van der Waals surface area contributed by atoms with Crippen LogP contribution in [-0.4, -0.2) is 71.1 Å². The van der Waals surface area contributed by atoms with Crippen molar-refractivity contribution in [3.05, 3.63) is 41.9 Å². The molecule has 0 aliphatic carbocycles. The summed E-state index contributed by atoms with van der Waals surface area (Å²) in [5, 5.41) is 9.32. The number of aromatic nitrogens is 3. The molecule has 33 heavy (non-hydrogen) atoms.